The van der Waals surface area contributed by atoms with Crippen LogP contribution in [0.25, 0.3) is 11.0 Å². The topological polar surface area (TPSA) is 104 Å². The van der Waals surface area contributed by atoms with Gasteiger partial charge in [0.15, 0.2) is 0 Å². The summed E-state index contributed by atoms with van der Waals surface area (Å²) in [6.07, 6.45) is 1.56. The van der Waals surface area contributed by atoms with Crippen LogP contribution in [0.1, 0.15) is 33.0 Å². The molecule has 0 saturated carbocycles. The fraction of sp³-hybridized carbons (Fsp3) is 0.346. The SMILES string of the molecule is CSCC[C@H](NC(=O)OC(C)(C)C)C(=O)Oc1ccc2c(=O)c(Oc3ccccc3)c(C)oc2c1. The first-order valence-corrected chi connectivity index (χ1v) is 12.5. The van der Waals surface area contributed by atoms with Crippen LogP contribution in [-0.4, -0.2) is 35.7 Å². The van der Waals surface area contributed by atoms with Crippen molar-refractivity contribution in [2.75, 3.05) is 12.0 Å². The number of carbonyl (C=O) groups excluding carboxylic acids is 2. The molecule has 1 atom stereocenters. The summed E-state index contributed by atoms with van der Waals surface area (Å²) in [5, 5.41) is 2.86. The van der Waals surface area contributed by atoms with Crippen LogP contribution < -0.4 is 20.2 Å². The van der Waals surface area contributed by atoms with Crippen LogP contribution in [0.4, 0.5) is 4.79 Å². The van der Waals surface area contributed by atoms with Crippen LogP contribution in [0.15, 0.2) is 57.7 Å². The molecule has 2 aromatic carbocycles. The number of nitrogens with one attached hydrogen (secondary N) is 1. The molecule has 0 radical (unpaired) electrons. The van der Waals surface area contributed by atoms with Gasteiger partial charge < -0.3 is 23.9 Å². The van der Waals surface area contributed by atoms with E-state index in [2.05, 4.69) is 5.32 Å². The molecule has 0 spiro atoms. The fourth-order valence-electron chi connectivity index (χ4n) is 3.18. The molecule has 3 rings (SSSR count). The van der Waals surface area contributed by atoms with Crippen LogP contribution in [0, 0.1) is 6.92 Å². The van der Waals surface area contributed by atoms with E-state index in [-0.39, 0.29) is 27.9 Å². The summed E-state index contributed by atoms with van der Waals surface area (Å²) in [4.78, 5) is 38.0. The maximum absolute atomic E-state index is 13.0. The average molecular weight is 500 g/mol. The van der Waals surface area contributed by atoms with E-state index in [0.29, 0.717) is 23.7 Å². The minimum absolute atomic E-state index is 0.0899. The van der Waals surface area contributed by atoms with Gasteiger partial charge in [0.2, 0.25) is 11.2 Å². The second-order valence-corrected chi connectivity index (χ2v) is 9.78. The number of hydrogen-bond donors (Lipinski definition) is 1. The molecule has 0 fully saturated rings. The second-order valence-electron chi connectivity index (χ2n) is 8.79. The maximum Gasteiger partial charge on any atom is 0.408 e. The van der Waals surface area contributed by atoms with Crippen molar-refractivity contribution in [3.05, 3.63) is 64.5 Å². The van der Waals surface area contributed by atoms with Crippen molar-refractivity contribution in [3.63, 3.8) is 0 Å². The molecule has 186 valence electrons. The molecule has 1 amide bonds. The molecule has 0 aliphatic heterocycles. The van der Waals surface area contributed by atoms with E-state index in [0.717, 1.165) is 0 Å². The normalized spacial score (nSPS) is 12.1. The highest BCUT2D eigenvalue weighted by atomic mass is 32.2. The van der Waals surface area contributed by atoms with Crippen molar-refractivity contribution < 1.29 is 28.2 Å². The molecule has 35 heavy (non-hydrogen) atoms. The lowest BCUT2D eigenvalue weighted by Crippen LogP contribution is -2.45. The number of rotatable bonds is 8. The Morgan fingerprint density at radius 1 is 1.09 bits per heavy atom. The third-order valence-corrected chi connectivity index (χ3v) is 5.40. The van der Waals surface area contributed by atoms with E-state index >= 15 is 0 Å². The highest BCUT2D eigenvalue weighted by Gasteiger charge is 2.26. The molecular formula is C26H29NO7S. The Hall–Kier alpha value is -3.46. The Morgan fingerprint density at radius 2 is 1.80 bits per heavy atom. The molecule has 0 aliphatic carbocycles. The number of alkyl carbamates (subject to hydrolysis) is 1. The zero-order valence-corrected chi connectivity index (χ0v) is 21.2. The van der Waals surface area contributed by atoms with E-state index in [4.69, 9.17) is 18.6 Å². The first-order chi connectivity index (χ1) is 16.6. The van der Waals surface area contributed by atoms with Gasteiger partial charge in [0.1, 0.15) is 34.5 Å². The summed E-state index contributed by atoms with van der Waals surface area (Å²) in [7, 11) is 0. The number of ether oxygens (including phenoxy) is 3. The highest BCUT2D eigenvalue weighted by molar-refractivity contribution is 7.98. The lowest BCUT2D eigenvalue weighted by molar-refractivity contribution is -0.136. The van der Waals surface area contributed by atoms with Gasteiger partial charge >= 0.3 is 12.1 Å². The number of hydrogen-bond acceptors (Lipinski definition) is 8. The molecule has 1 N–H and O–H groups in total. The molecule has 0 saturated heterocycles. The molecular weight excluding hydrogens is 470 g/mol. The zero-order chi connectivity index (χ0) is 25.6. The quantitative estimate of drug-likeness (QED) is 0.322. The average Bonchev–Trinajstić information content (AvgIpc) is 2.78. The molecule has 0 aliphatic rings. The molecule has 1 heterocycles. The predicted octanol–water partition coefficient (Wildman–Crippen LogP) is 5.45. The Kier molecular flexibility index (Phi) is 8.45. The van der Waals surface area contributed by atoms with Crippen molar-refractivity contribution in [2.24, 2.45) is 0 Å². The van der Waals surface area contributed by atoms with E-state index < -0.39 is 23.7 Å². The smallest absolute Gasteiger partial charge is 0.408 e. The van der Waals surface area contributed by atoms with Crippen LogP contribution in [0.3, 0.4) is 0 Å². The second kappa shape index (κ2) is 11.3. The minimum Gasteiger partial charge on any atom is -0.457 e. The number of thioether (sulfide) groups is 1. The van der Waals surface area contributed by atoms with E-state index in [1.165, 1.54) is 30.0 Å². The number of fused-ring (bicyclic) bond motifs is 1. The first kappa shape index (κ1) is 26.2. The number of aryl methyl sites for hydroxylation is 1. The van der Waals surface area contributed by atoms with E-state index in [1.54, 1.807) is 52.0 Å². The van der Waals surface area contributed by atoms with Gasteiger partial charge in [0.25, 0.3) is 0 Å². The van der Waals surface area contributed by atoms with Crippen LogP contribution in [0.2, 0.25) is 0 Å². The third-order valence-electron chi connectivity index (χ3n) is 4.75. The Bertz CT molecular complexity index is 1250. The van der Waals surface area contributed by atoms with Gasteiger partial charge in [-0.15, -0.1) is 0 Å². The lowest BCUT2D eigenvalue weighted by atomic mass is 10.2. The van der Waals surface area contributed by atoms with Crippen molar-refractivity contribution >= 4 is 34.8 Å². The Labute approximate surface area is 207 Å². The molecule has 3 aromatic rings. The van der Waals surface area contributed by atoms with E-state index in [9.17, 15) is 14.4 Å². The van der Waals surface area contributed by atoms with Gasteiger partial charge in [0, 0.05) is 6.07 Å². The molecule has 9 heteroatoms. The number of amides is 1. The van der Waals surface area contributed by atoms with Gasteiger partial charge in [-0.25, -0.2) is 9.59 Å². The van der Waals surface area contributed by atoms with Gasteiger partial charge in [0.05, 0.1) is 5.39 Å². The number of esters is 1. The highest BCUT2D eigenvalue weighted by Crippen LogP contribution is 2.27. The molecule has 1 aromatic heterocycles. The fourth-order valence-corrected chi connectivity index (χ4v) is 3.65. The van der Waals surface area contributed by atoms with Gasteiger partial charge in [-0.05, 0) is 70.4 Å². The Balaban J connectivity index is 1.80. The van der Waals surface area contributed by atoms with Gasteiger partial charge in [-0.2, -0.15) is 11.8 Å². The van der Waals surface area contributed by atoms with Crippen LogP contribution >= 0.6 is 11.8 Å². The molecule has 0 bridgehead atoms. The van der Waals surface area contributed by atoms with Crippen molar-refractivity contribution in [1.29, 1.82) is 0 Å². The summed E-state index contributed by atoms with van der Waals surface area (Å²) in [6.45, 7) is 6.84. The van der Waals surface area contributed by atoms with Crippen LogP contribution in [-0.2, 0) is 9.53 Å². The molecule has 8 nitrogen and oxygen atoms in total. The molecule has 0 unspecified atom stereocenters. The third kappa shape index (κ3) is 7.26. The number of carbonyl (C=O) groups is 2. The Morgan fingerprint density at radius 3 is 2.46 bits per heavy atom. The van der Waals surface area contributed by atoms with Gasteiger partial charge in [-0.3, -0.25) is 4.79 Å². The number of para-hydroxylation sites is 1. The summed E-state index contributed by atoms with van der Waals surface area (Å²) >= 11 is 1.54. The minimum atomic E-state index is -0.900. The first-order valence-electron chi connectivity index (χ1n) is 11.1. The summed E-state index contributed by atoms with van der Waals surface area (Å²) in [6, 6.07) is 12.5. The van der Waals surface area contributed by atoms with E-state index in [1.807, 2.05) is 12.3 Å². The lowest BCUT2D eigenvalue weighted by Gasteiger charge is -2.22. The van der Waals surface area contributed by atoms with Crippen LogP contribution in [0.5, 0.6) is 17.2 Å². The standard InChI is InChI=1S/C26H29NO7S/c1-16-23(32-17-9-7-6-8-10-17)22(28)19-12-11-18(15-21(19)31-16)33-24(29)20(13-14-35-5)27-25(30)34-26(2,3)4/h6-12,15,20H,13-14H2,1-5H3,(H,27,30)/t20-/m0/s1. The monoisotopic (exact) mass is 499 g/mol. The zero-order valence-electron chi connectivity index (χ0n) is 20.4. The summed E-state index contributed by atoms with van der Waals surface area (Å²) < 4.78 is 22.3. The maximum atomic E-state index is 13.0. The predicted molar refractivity (Wildman–Crippen MR) is 136 cm³/mol. The summed E-state index contributed by atoms with van der Waals surface area (Å²) in [5.74, 6) is 1.06. The number of benzene rings is 2. The largest absolute Gasteiger partial charge is 0.457 e. The van der Waals surface area contributed by atoms with Crippen molar-refractivity contribution in [3.8, 4) is 17.2 Å². The van der Waals surface area contributed by atoms with Crippen molar-refractivity contribution in [1.82, 2.24) is 5.32 Å². The van der Waals surface area contributed by atoms with Crippen molar-refractivity contribution in [2.45, 2.75) is 45.8 Å². The summed E-state index contributed by atoms with van der Waals surface area (Å²) in [5.41, 5.74) is -0.789. The van der Waals surface area contributed by atoms with Gasteiger partial charge in [-0.1, -0.05) is 18.2 Å².